The Bertz CT molecular complexity index is 845. The van der Waals surface area contributed by atoms with E-state index in [1.54, 1.807) is 11.3 Å². The molecule has 0 atom stereocenters. The molecule has 0 amide bonds. The average molecular weight is 294 g/mol. The van der Waals surface area contributed by atoms with Gasteiger partial charge in [-0.1, -0.05) is 25.1 Å². The summed E-state index contributed by atoms with van der Waals surface area (Å²) in [4.78, 5) is 10.3. The van der Waals surface area contributed by atoms with Gasteiger partial charge in [-0.3, -0.25) is 0 Å². The van der Waals surface area contributed by atoms with Crippen molar-refractivity contribution in [3.8, 4) is 6.07 Å². The van der Waals surface area contributed by atoms with Crippen LogP contribution < -0.4 is 5.32 Å². The minimum Gasteiger partial charge on any atom is -0.315 e. The van der Waals surface area contributed by atoms with Gasteiger partial charge < -0.3 is 5.32 Å². The molecule has 21 heavy (non-hydrogen) atoms. The highest BCUT2D eigenvalue weighted by Gasteiger charge is 2.10. The van der Waals surface area contributed by atoms with Crippen molar-refractivity contribution in [3.63, 3.8) is 0 Å². The van der Waals surface area contributed by atoms with Gasteiger partial charge in [0.25, 0.3) is 0 Å². The number of aryl methyl sites for hydroxylation is 2. The summed E-state index contributed by atoms with van der Waals surface area (Å²) >= 11 is 1.59. The molecule has 5 heteroatoms. The molecule has 0 saturated heterocycles. The van der Waals surface area contributed by atoms with Crippen LogP contribution in [0, 0.1) is 18.3 Å². The Kier molecular flexibility index (Phi) is 3.55. The molecule has 0 aliphatic carbocycles. The fourth-order valence-corrected chi connectivity index (χ4v) is 3.11. The zero-order chi connectivity index (χ0) is 14.8. The normalized spacial score (nSPS) is 10.5. The van der Waals surface area contributed by atoms with E-state index in [1.807, 2.05) is 30.3 Å². The summed E-state index contributed by atoms with van der Waals surface area (Å²) in [6, 6.07) is 11.8. The molecule has 0 aliphatic heterocycles. The Labute approximate surface area is 127 Å². The average Bonchev–Trinajstić information content (AvgIpc) is 2.86. The van der Waals surface area contributed by atoms with Crippen LogP contribution in [0.2, 0.25) is 0 Å². The molecule has 1 N–H and O–H groups in total. The molecule has 2 heterocycles. The lowest BCUT2D eigenvalue weighted by atomic mass is 10.1. The Balaban J connectivity index is 2.04. The van der Waals surface area contributed by atoms with Gasteiger partial charge in [-0.25, -0.2) is 9.97 Å². The summed E-state index contributed by atoms with van der Waals surface area (Å²) in [5.41, 5.74) is 2.48. The first-order valence-electron chi connectivity index (χ1n) is 6.74. The number of nitrogens with zero attached hydrogens (tertiary/aromatic N) is 3. The minimum atomic E-state index is 0.527. The maximum absolute atomic E-state index is 9.31. The van der Waals surface area contributed by atoms with Gasteiger partial charge in [0.2, 0.25) is 0 Å². The van der Waals surface area contributed by atoms with E-state index in [2.05, 4.69) is 35.2 Å². The molecule has 0 spiro atoms. The maximum Gasteiger partial charge on any atom is 0.188 e. The molecule has 3 rings (SSSR count). The van der Waals surface area contributed by atoms with Gasteiger partial charge in [0.15, 0.2) is 10.9 Å². The quantitative estimate of drug-likeness (QED) is 0.787. The molecule has 1 aromatic carbocycles. The first kappa shape index (κ1) is 13.5. The van der Waals surface area contributed by atoms with E-state index < -0.39 is 0 Å². The monoisotopic (exact) mass is 294 g/mol. The predicted octanol–water partition coefficient (Wildman–Crippen LogP) is 4.18. The number of nitrogens with one attached hydrogen (secondary N) is 1. The number of aromatic nitrogens is 2. The SMILES string of the molecule is CCc1nc(Nc2nc3ccccc3cc2C#N)sc1C. The third-order valence-corrected chi connectivity index (χ3v) is 4.23. The molecule has 3 aromatic rings. The lowest BCUT2D eigenvalue weighted by Crippen LogP contribution is -1.97. The number of benzene rings is 1. The summed E-state index contributed by atoms with van der Waals surface area (Å²) in [6.07, 6.45) is 0.903. The van der Waals surface area contributed by atoms with E-state index in [9.17, 15) is 5.26 Å². The smallest absolute Gasteiger partial charge is 0.188 e. The number of thiazole rings is 1. The highest BCUT2D eigenvalue weighted by atomic mass is 32.1. The first-order valence-corrected chi connectivity index (χ1v) is 7.56. The van der Waals surface area contributed by atoms with Crippen LogP contribution in [0.3, 0.4) is 0 Å². The summed E-state index contributed by atoms with van der Waals surface area (Å²) < 4.78 is 0. The third-order valence-electron chi connectivity index (χ3n) is 3.30. The van der Waals surface area contributed by atoms with Gasteiger partial charge in [0.1, 0.15) is 6.07 Å². The van der Waals surface area contributed by atoms with Crippen molar-refractivity contribution >= 4 is 33.2 Å². The maximum atomic E-state index is 9.31. The molecule has 0 bridgehead atoms. The van der Waals surface area contributed by atoms with Crippen LogP contribution in [0.15, 0.2) is 30.3 Å². The molecule has 104 valence electrons. The van der Waals surface area contributed by atoms with Gasteiger partial charge in [0.05, 0.1) is 16.8 Å². The number of pyridine rings is 1. The fourth-order valence-electron chi connectivity index (χ4n) is 2.21. The molecule has 0 fully saturated rings. The van der Waals surface area contributed by atoms with E-state index in [0.29, 0.717) is 11.4 Å². The van der Waals surface area contributed by atoms with Crippen molar-refractivity contribution in [3.05, 3.63) is 46.5 Å². The van der Waals surface area contributed by atoms with Crippen LogP contribution in [-0.4, -0.2) is 9.97 Å². The zero-order valence-corrected chi connectivity index (χ0v) is 12.7. The number of nitriles is 1. The second-order valence-corrected chi connectivity index (χ2v) is 5.89. The standard InChI is InChI=1S/C16H14N4S/c1-3-13-10(2)21-16(19-13)20-15-12(9-17)8-11-6-4-5-7-14(11)18-15/h4-8H,3H2,1-2H3,(H,18,19,20). The number of anilines is 2. The number of para-hydroxylation sites is 1. The van der Waals surface area contributed by atoms with Crippen LogP contribution in [0.25, 0.3) is 10.9 Å². The van der Waals surface area contributed by atoms with E-state index in [1.165, 1.54) is 4.88 Å². The van der Waals surface area contributed by atoms with E-state index in [-0.39, 0.29) is 0 Å². The molecule has 0 aliphatic rings. The molecular weight excluding hydrogens is 280 g/mol. The van der Waals surface area contributed by atoms with E-state index in [4.69, 9.17) is 0 Å². The highest BCUT2D eigenvalue weighted by Crippen LogP contribution is 2.27. The van der Waals surface area contributed by atoms with Crippen LogP contribution in [0.1, 0.15) is 23.1 Å². The second-order valence-electron chi connectivity index (χ2n) is 4.69. The number of fused-ring (bicyclic) bond motifs is 1. The Morgan fingerprint density at radius 3 is 2.81 bits per heavy atom. The van der Waals surface area contributed by atoms with Gasteiger partial charge in [-0.15, -0.1) is 11.3 Å². The lowest BCUT2D eigenvalue weighted by molar-refractivity contribution is 1.04. The van der Waals surface area contributed by atoms with Crippen molar-refractivity contribution in [2.45, 2.75) is 20.3 Å². The zero-order valence-electron chi connectivity index (χ0n) is 11.8. The second kappa shape index (κ2) is 5.51. The Morgan fingerprint density at radius 2 is 2.10 bits per heavy atom. The lowest BCUT2D eigenvalue weighted by Gasteiger charge is -2.06. The molecule has 2 aromatic heterocycles. The molecule has 4 nitrogen and oxygen atoms in total. The van der Waals surface area contributed by atoms with Crippen molar-refractivity contribution in [2.75, 3.05) is 5.32 Å². The summed E-state index contributed by atoms with van der Waals surface area (Å²) in [7, 11) is 0. The fraction of sp³-hybridized carbons (Fsp3) is 0.188. The first-order chi connectivity index (χ1) is 10.2. The van der Waals surface area contributed by atoms with Crippen LogP contribution in [-0.2, 0) is 6.42 Å². The molecule has 0 unspecified atom stereocenters. The summed E-state index contributed by atoms with van der Waals surface area (Å²) in [5.74, 6) is 0.563. The van der Waals surface area contributed by atoms with E-state index in [0.717, 1.165) is 28.1 Å². The predicted molar refractivity (Wildman–Crippen MR) is 86.0 cm³/mol. The van der Waals surface area contributed by atoms with Gasteiger partial charge in [-0.05, 0) is 25.5 Å². The van der Waals surface area contributed by atoms with Crippen molar-refractivity contribution < 1.29 is 0 Å². The number of hydrogen-bond acceptors (Lipinski definition) is 5. The minimum absolute atomic E-state index is 0.527. The van der Waals surface area contributed by atoms with Gasteiger partial charge >= 0.3 is 0 Å². The Morgan fingerprint density at radius 1 is 1.29 bits per heavy atom. The number of rotatable bonds is 3. The highest BCUT2D eigenvalue weighted by molar-refractivity contribution is 7.15. The summed E-state index contributed by atoms with van der Waals surface area (Å²) in [6.45, 7) is 4.14. The Hall–Kier alpha value is -2.45. The third kappa shape index (κ3) is 2.58. The number of hydrogen-bond donors (Lipinski definition) is 1. The van der Waals surface area contributed by atoms with E-state index >= 15 is 0 Å². The topological polar surface area (TPSA) is 61.6 Å². The van der Waals surface area contributed by atoms with Crippen molar-refractivity contribution in [1.29, 1.82) is 5.26 Å². The molecular formula is C16H14N4S. The van der Waals surface area contributed by atoms with Crippen molar-refractivity contribution in [2.24, 2.45) is 0 Å². The largest absolute Gasteiger partial charge is 0.315 e. The summed E-state index contributed by atoms with van der Waals surface area (Å²) in [5, 5.41) is 14.2. The van der Waals surface area contributed by atoms with Crippen LogP contribution in [0.5, 0.6) is 0 Å². The van der Waals surface area contributed by atoms with Crippen molar-refractivity contribution in [1.82, 2.24) is 9.97 Å². The van der Waals surface area contributed by atoms with Crippen LogP contribution in [0.4, 0.5) is 10.9 Å². The molecule has 0 radical (unpaired) electrons. The van der Waals surface area contributed by atoms with Crippen LogP contribution >= 0.6 is 11.3 Å². The van der Waals surface area contributed by atoms with Gasteiger partial charge in [-0.2, -0.15) is 5.26 Å². The molecule has 0 saturated carbocycles. The van der Waals surface area contributed by atoms with Gasteiger partial charge in [0, 0.05) is 10.3 Å².